The van der Waals surface area contributed by atoms with E-state index < -0.39 is 12.0 Å². The zero-order chi connectivity index (χ0) is 21.2. The first-order valence-corrected chi connectivity index (χ1v) is 10.4. The van der Waals surface area contributed by atoms with E-state index in [1.54, 1.807) is 37.3 Å². The normalized spacial score (nSPS) is 10.2. The predicted molar refractivity (Wildman–Crippen MR) is 115 cm³/mol. The summed E-state index contributed by atoms with van der Waals surface area (Å²) in [5.41, 5.74) is 6.27. The largest absolute Gasteiger partial charge is 0.462 e. The van der Waals surface area contributed by atoms with E-state index >= 15 is 0 Å². The minimum absolute atomic E-state index is 0.132. The number of amides is 3. The highest BCUT2D eigenvalue weighted by Gasteiger charge is 2.09. The lowest BCUT2D eigenvalue weighted by Gasteiger charge is -2.10. The number of halogens is 2. The summed E-state index contributed by atoms with van der Waals surface area (Å²) in [7, 11) is 0. The van der Waals surface area contributed by atoms with E-state index in [9.17, 15) is 14.4 Å². The molecular weight excluding hydrogens is 437 g/mol. The van der Waals surface area contributed by atoms with Gasteiger partial charge in [-0.2, -0.15) is 0 Å². The Balaban J connectivity index is 1.70. The Bertz CT molecular complexity index is 878. The van der Waals surface area contributed by atoms with Gasteiger partial charge in [0.25, 0.3) is 0 Å². The summed E-state index contributed by atoms with van der Waals surface area (Å²) in [5.74, 6) is -0.142. The molecule has 0 heterocycles. The molecule has 0 aromatic heterocycles. The number of ether oxygens (including phenoxy) is 1. The van der Waals surface area contributed by atoms with E-state index in [4.69, 9.17) is 27.9 Å². The Morgan fingerprint density at radius 3 is 2.41 bits per heavy atom. The number of rotatable bonds is 7. The molecule has 2 aromatic rings. The van der Waals surface area contributed by atoms with Crippen LogP contribution in [-0.2, 0) is 15.3 Å². The summed E-state index contributed by atoms with van der Waals surface area (Å²) in [4.78, 5) is 35.3. The van der Waals surface area contributed by atoms with Gasteiger partial charge in [0, 0.05) is 21.5 Å². The predicted octanol–water partition coefficient (Wildman–Crippen LogP) is 4.26. The molecule has 154 valence electrons. The van der Waals surface area contributed by atoms with Crippen molar-refractivity contribution in [2.24, 2.45) is 0 Å². The van der Waals surface area contributed by atoms with Crippen molar-refractivity contribution in [1.82, 2.24) is 10.9 Å². The SMILES string of the molecule is CCOC(=O)c1ccc(NC(=O)NNC(=O)CSCc2ccc(Cl)cc2Cl)cc1. The molecule has 0 saturated heterocycles. The summed E-state index contributed by atoms with van der Waals surface area (Å²) >= 11 is 13.3. The number of hydrazine groups is 1. The highest BCUT2D eigenvalue weighted by Crippen LogP contribution is 2.24. The molecule has 0 aliphatic heterocycles. The summed E-state index contributed by atoms with van der Waals surface area (Å²) in [6.07, 6.45) is 0. The van der Waals surface area contributed by atoms with E-state index in [0.29, 0.717) is 27.0 Å². The van der Waals surface area contributed by atoms with E-state index in [-0.39, 0.29) is 18.3 Å². The second kappa shape index (κ2) is 11.5. The van der Waals surface area contributed by atoms with Crippen molar-refractivity contribution in [1.29, 1.82) is 0 Å². The number of urea groups is 1. The Kier molecular flexibility index (Phi) is 9.11. The van der Waals surface area contributed by atoms with Gasteiger partial charge in [-0.1, -0.05) is 29.3 Å². The second-order valence-corrected chi connectivity index (χ2v) is 7.48. The Morgan fingerprint density at radius 2 is 1.76 bits per heavy atom. The number of thioether (sulfide) groups is 1. The van der Waals surface area contributed by atoms with Crippen LogP contribution in [0.2, 0.25) is 10.0 Å². The minimum atomic E-state index is -0.618. The van der Waals surface area contributed by atoms with Gasteiger partial charge in [0.15, 0.2) is 0 Å². The maximum Gasteiger partial charge on any atom is 0.338 e. The van der Waals surface area contributed by atoms with Crippen molar-refractivity contribution < 1.29 is 19.1 Å². The molecular formula is C19H19Cl2N3O4S. The molecule has 3 amide bonds. The second-order valence-electron chi connectivity index (χ2n) is 5.65. The van der Waals surface area contributed by atoms with E-state index in [2.05, 4.69) is 16.2 Å². The zero-order valence-electron chi connectivity index (χ0n) is 15.5. The van der Waals surface area contributed by atoms with Gasteiger partial charge in [-0.15, -0.1) is 11.8 Å². The molecule has 0 radical (unpaired) electrons. The summed E-state index contributed by atoms with van der Waals surface area (Å²) in [5, 5.41) is 3.62. The van der Waals surface area contributed by atoms with Crippen LogP contribution in [-0.4, -0.2) is 30.3 Å². The van der Waals surface area contributed by atoms with Gasteiger partial charge in [-0.3, -0.25) is 10.2 Å². The van der Waals surface area contributed by atoms with Crippen LogP contribution in [0.1, 0.15) is 22.8 Å². The van der Waals surface area contributed by atoms with Crippen LogP contribution in [0.15, 0.2) is 42.5 Å². The van der Waals surface area contributed by atoms with Gasteiger partial charge in [-0.05, 0) is 48.9 Å². The van der Waals surface area contributed by atoms with Gasteiger partial charge >= 0.3 is 12.0 Å². The number of hydrogen-bond donors (Lipinski definition) is 3. The minimum Gasteiger partial charge on any atom is -0.462 e. The average Bonchev–Trinajstić information content (AvgIpc) is 2.69. The highest BCUT2D eigenvalue weighted by atomic mass is 35.5. The van der Waals surface area contributed by atoms with Crippen molar-refractivity contribution in [3.63, 3.8) is 0 Å². The maximum atomic E-state index is 11.8. The van der Waals surface area contributed by atoms with Gasteiger partial charge < -0.3 is 10.1 Å². The number of esters is 1. The van der Waals surface area contributed by atoms with Gasteiger partial charge in [0.1, 0.15) is 0 Å². The monoisotopic (exact) mass is 455 g/mol. The molecule has 0 fully saturated rings. The van der Waals surface area contributed by atoms with Crippen molar-refractivity contribution in [3.05, 3.63) is 63.6 Å². The van der Waals surface area contributed by atoms with Crippen molar-refractivity contribution in [3.8, 4) is 0 Å². The summed E-state index contributed by atoms with van der Waals surface area (Å²) in [6.45, 7) is 2.00. The first-order chi connectivity index (χ1) is 13.9. The Labute approximate surface area is 182 Å². The molecule has 7 nitrogen and oxygen atoms in total. The quantitative estimate of drug-likeness (QED) is 0.428. The summed E-state index contributed by atoms with van der Waals surface area (Å²) in [6, 6.07) is 10.7. The Hall–Kier alpha value is -2.42. The molecule has 0 bridgehead atoms. The molecule has 10 heteroatoms. The fourth-order valence-electron chi connectivity index (χ4n) is 2.12. The van der Waals surface area contributed by atoms with Gasteiger partial charge in [0.2, 0.25) is 5.91 Å². The molecule has 0 atom stereocenters. The number of benzene rings is 2. The Morgan fingerprint density at radius 1 is 1.03 bits per heavy atom. The number of hydrogen-bond acceptors (Lipinski definition) is 5. The third-order valence-corrected chi connectivity index (χ3v) is 5.04. The van der Waals surface area contributed by atoms with E-state index in [0.717, 1.165) is 5.56 Å². The van der Waals surface area contributed by atoms with E-state index in [1.165, 1.54) is 23.9 Å². The highest BCUT2D eigenvalue weighted by molar-refractivity contribution is 7.99. The molecule has 0 aliphatic carbocycles. The average molecular weight is 456 g/mol. The molecule has 0 saturated carbocycles. The van der Waals surface area contributed by atoms with Gasteiger partial charge in [-0.25, -0.2) is 15.0 Å². The topological polar surface area (TPSA) is 96.5 Å². The fraction of sp³-hybridized carbons (Fsp3) is 0.211. The number of carbonyl (C=O) groups excluding carboxylic acids is 3. The third kappa shape index (κ3) is 7.84. The van der Waals surface area contributed by atoms with E-state index in [1.807, 2.05) is 0 Å². The molecule has 0 spiro atoms. The number of anilines is 1. The van der Waals surface area contributed by atoms with Crippen LogP contribution < -0.4 is 16.2 Å². The molecule has 0 unspecified atom stereocenters. The smallest absolute Gasteiger partial charge is 0.338 e. The fourth-order valence-corrected chi connectivity index (χ4v) is 3.51. The van der Waals surface area contributed by atoms with Crippen LogP contribution in [0.4, 0.5) is 10.5 Å². The lowest BCUT2D eigenvalue weighted by molar-refractivity contribution is -0.119. The summed E-state index contributed by atoms with van der Waals surface area (Å²) < 4.78 is 4.88. The molecule has 2 aromatic carbocycles. The standard InChI is InChI=1S/C19H19Cl2N3O4S/c1-2-28-18(26)12-4-7-15(8-5-12)22-19(27)24-23-17(25)11-29-10-13-3-6-14(20)9-16(13)21/h3-9H,2,10-11H2,1H3,(H,23,25)(H2,22,24,27). The van der Waals surface area contributed by atoms with Crippen molar-refractivity contribution in [2.75, 3.05) is 17.7 Å². The molecule has 0 aliphatic rings. The van der Waals surface area contributed by atoms with Crippen LogP contribution in [0.5, 0.6) is 0 Å². The maximum absolute atomic E-state index is 11.8. The zero-order valence-corrected chi connectivity index (χ0v) is 17.8. The first-order valence-electron chi connectivity index (χ1n) is 8.53. The molecule has 3 N–H and O–H groups in total. The third-order valence-electron chi connectivity index (χ3n) is 3.48. The lowest BCUT2D eigenvalue weighted by atomic mass is 10.2. The van der Waals surface area contributed by atoms with Crippen LogP contribution in [0, 0.1) is 0 Å². The number of carbonyl (C=O) groups is 3. The molecule has 2 rings (SSSR count). The van der Waals surface area contributed by atoms with Crippen LogP contribution >= 0.6 is 35.0 Å². The molecule has 29 heavy (non-hydrogen) atoms. The first kappa shape index (κ1) is 22.9. The number of nitrogens with one attached hydrogen (secondary N) is 3. The van der Waals surface area contributed by atoms with Crippen LogP contribution in [0.3, 0.4) is 0 Å². The van der Waals surface area contributed by atoms with Crippen LogP contribution in [0.25, 0.3) is 0 Å². The van der Waals surface area contributed by atoms with Gasteiger partial charge in [0.05, 0.1) is 17.9 Å². The van der Waals surface area contributed by atoms with Crippen molar-refractivity contribution >= 4 is 58.6 Å². The lowest BCUT2D eigenvalue weighted by Crippen LogP contribution is -2.44. The van der Waals surface area contributed by atoms with Crippen molar-refractivity contribution in [2.45, 2.75) is 12.7 Å².